The molecule has 3 rings (SSSR count). The van der Waals surface area contributed by atoms with Gasteiger partial charge in [-0.3, -0.25) is 5.32 Å². The summed E-state index contributed by atoms with van der Waals surface area (Å²) < 4.78 is 15.9. The molecule has 1 unspecified atom stereocenters. The van der Waals surface area contributed by atoms with Crippen molar-refractivity contribution in [1.29, 1.82) is 0 Å². The Morgan fingerprint density at radius 1 is 0.971 bits per heavy atom. The maximum absolute atomic E-state index is 12.8. The quantitative estimate of drug-likeness (QED) is 0.189. The molecule has 3 aromatic carbocycles. The molecule has 0 aromatic heterocycles. The van der Waals surface area contributed by atoms with Crippen molar-refractivity contribution in [2.45, 2.75) is 17.9 Å². The molecule has 8 heteroatoms. The van der Waals surface area contributed by atoms with Gasteiger partial charge in [-0.05, 0) is 48.2 Å². The number of amides is 1. The number of carbonyl (C=O) groups excluding carboxylic acids is 3. The van der Waals surface area contributed by atoms with Gasteiger partial charge in [0.1, 0.15) is 13.2 Å². The Balaban J connectivity index is 1.67. The lowest BCUT2D eigenvalue weighted by atomic mass is 10.1. The van der Waals surface area contributed by atoms with E-state index in [0.29, 0.717) is 11.3 Å². The van der Waals surface area contributed by atoms with E-state index in [2.05, 4.69) is 11.9 Å². The number of hydrogen-bond donors (Lipinski definition) is 1. The van der Waals surface area contributed by atoms with Crippen LogP contribution in [0.15, 0.2) is 83.8 Å². The van der Waals surface area contributed by atoms with Gasteiger partial charge in [0.05, 0.1) is 5.56 Å². The van der Waals surface area contributed by atoms with Gasteiger partial charge in [-0.15, -0.1) is 11.8 Å². The first-order chi connectivity index (χ1) is 16.4. The van der Waals surface area contributed by atoms with Crippen LogP contribution < -0.4 is 5.32 Å². The summed E-state index contributed by atoms with van der Waals surface area (Å²) in [4.78, 5) is 38.0. The van der Waals surface area contributed by atoms with Crippen LogP contribution in [0.2, 0.25) is 0 Å². The molecule has 176 valence electrons. The van der Waals surface area contributed by atoms with E-state index in [4.69, 9.17) is 14.2 Å². The fourth-order valence-corrected chi connectivity index (χ4v) is 3.52. The van der Waals surface area contributed by atoms with Crippen molar-refractivity contribution < 1.29 is 28.6 Å². The van der Waals surface area contributed by atoms with Crippen LogP contribution in [0, 0.1) is 0 Å². The van der Waals surface area contributed by atoms with Crippen molar-refractivity contribution in [3.63, 3.8) is 0 Å². The van der Waals surface area contributed by atoms with E-state index in [1.165, 1.54) is 18.7 Å². The number of thioether (sulfide) groups is 1. The van der Waals surface area contributed by atoms with E-state index in [9.17, 15) is 14.4 Å². The average molecular weight is 480 g/mol. The zero-order valence-electron chi connectivity index (χ0n) is 18.9. The van der Waals surface area contributed by atoms with Crippen LogP contribution in [0.5, 0.6) is 0 Å². The molecule has 3 aromatic rings. The number of fused-ring (bicyclic) bond motifs is 1. The lowest BCUT2D eigenvalue weighted by Crippen LogP contribution is -2.32. The number of benzene rings is 3. The zero-order chi connectivity index (χ0) is 24.5. The molecule has 0 aliphatic carbocycles. The highest BCUT2D eigenvalue weighted by Gasteiger charge is 2.21. The second-order valence-electron chi connectivity index (χ2n) is 7.39. The fourth-order valence-electron chi connectivity index (χ4n) is 3.06. The second kappa shape index (κ2) is 11.9. The zero-order valence-corrected chi connectivity index (χ0v) is 19.7. The van der Waals surface area contributed by atoms with Crippen LogP contribution in [-0.2, 0) is 19.0 Å². The Labute approximate surface area is 202 Å². The average Bonchev–Trinajstić information content (AvgIpc) is 2.84. The molecule has 0 heterocycles. The molecule has 7 nitrogen and oxygen atoms in total. The number of rotatable bonds is 9. The summed E-state index contributed by atoms with van der Waals surface area (Å²) in [5.74, 6) is -1.22. The molecule has 0 aliphatic heterocycles. The molecule has 0 radical (unpaired) electrons. The fraction of sp³-hybridized carbons (Fsp3) is 0.192. The smallest absolute Gasteiger partial charge is 0.412 e. The summed E-state index contributed by atoms with van der Waals surface area (Å²) in [6.45, 7) is 4.43. The van der Waals surface area contributed by atoms with Gasteiger partial charge in [0.2, 0.25) is 0 Å². The van der Waals surface area contributed by atoms with Crippen molar-refractivity contribution in [2.24, 2.45) is 0 Å². The van der Waals surface area contributed by atoms with E-state index in [-0.39, 0.29) is 18.8 Å². The first-order valence-corrected chi connectivity index (χ1v) is 11.7. The minimum atomic E-state index is -1.02. The standard InChI is InChI=1S/C26H25NO6S/c1-17(2)24(28)31-15-20(33-26(30)27-19-10-7-11-21(14-19)34-3)16-32-25(29)23-13-6-9-18-8-4-5-12-22(18)23/h4-14,20H,1,15-16H2,2-3H3,(H,27,30). The van der Waals surface area contributed by atoms with Gasteiger partial charge >= 0.3 is 18.0 Å². The van der Waals surface area contributed by atoms with Crippen LogP contribution >= 0.6 is 11.8 Å². The van der Waals surface area contributed by atoms with E-state index in [1.807, 2.05) is 42.7 Å². The number of ether oxygens (including phenoxy) is 3. The molecule has 0 aliphatic rings. The molecule has 0 spiro atoms. The van der Waals surface area contributed by atoms with E-state index in [0.717, 1.165) is 15.7 Å². The first-order valence-electron chi connectivity index (χ1n) is 10.5. The number of anilines is 1. The van der Waals surface area contributed by atoms with Crippen LogP contribution in [0.25, 0.3) is 10.8 Å². The van der Waals surface area contributed by atoms with Crippen molar-refractivity contribution in [3.8, 4) is 0 Å². The van der Waals surface area contributed by atoms with Gasteiger partial charge in [0, 0.05) is 16.2 Å². The summed E-state index contributed by atoms with van der Waals surface area (Å²) in [5.41, 5.74) is 1.13. The molecule has 0 saturated carbocycles. The van der Waals surface area contributed by atoms with Gasteiger partial charge in [-0.1, -0.05) is 49.0 Å². The maximum Gasteiger partial charge on any atom is 0.412 e. The predicted octanol–water partition coefficient (Wildman–Crippen LogP) is 5.46. The van der Waals surface area contributed by atoms with Crippen LogP contribution in [0.4, 0.5) is 10.5 Å². The van der Waals surface area contributed by atoms with Gasteiger partial charge in [0.25, 0.3) is 0 Å². The van der Waals surface area contributed by atoms with Crippen LogP contribution in [0.3, 0.4) is 0 Å². The number of hydrogen-bond acceptors (Lipinski definition) is 7. The van der Waals surface area contributed by atoms with Crippen molar-refractivity contribution >= 4 is 46.3 Å². The summed E-state index contributed by atoms with van der Waals surface area (Å²) >= 11 is 1.53. The van der Waals surface area contributed by atoms with E-state index in [1.54, 1.807) is 30.3 Å². The number of nitrogens with one attached hydrogen (secondary N) is 1. The third kappa shape index (κ3) is 6.86. The van der Waals surface area contributed by atoms with Gasteiger partial charge in [0.15, 0.2) is 6.10 Å². The lowest BCUT2D eigenvalue weighted by molar-refractivity contribution is -0.142. The molecule has 1 atom stereocenters. The van der Waals surface area contributed by atoms with Crippen molar-refractivity contribution in [3.05, 3.63) is 84.4 Å². The van der Waals surface area contributed by atoms with Crippen LogP contribution in [-0.4, -0.2) is 43.6 Å². The molecule has 34 heavy (non-hydrogen) atoms. The SMILES string of the molecule is C=C(C)C(=O)OCC(COC(=O)c1cccc2ccccc12)OC(=O)Nc1cccc(SC)c1. The van der Waals surface area contributed by atoms with Crippen molar-refractivity contribution in [2.75, 3.05) is 24.8 Å². The normalized spacial score (nSPS) is 11.4. The Hall–Kier alpha value is -3.78. The van der Waals surface area contributed by atoms with Gasteiger partial charge in [-0.25, -0.2) is 14.4 Å². The molecular formula is C26H25NO6S. The Morgan fingerprint density at radius 3 is 2.44 bits per heavy atom. The Morgan fingerprint density at radius 2 is 1.68 bits per heavy atom. The third-order valence-electron chi connectivity index (χ3n) is 4.75. The molecule has 0 fully saturated rings. The maximum atomic E-state index is 12.8. The minimum absolute atomic E-state index is 0.199. The lowest BCUT2D eigenvalue weighted by Gasteiger charge is -2.19. The van der Waals surface area contributed by atoms with E-state index >= 15 is 0 Å². The monoisotopic (exact) mass is 479 g/mol. The summed E-state index contributed by atoms with van der Waals surface area (Å²) in [6, 6.07) is 20.0. The number of carbonyl (C=O) groups is 3. The number of esters is 2. The molecule has 0 saturated heterocycles. The largest absolute Gasteiger partial charge is 0.458 e. The van der Waals surface area contributed by atoms with Gasteiger partial charge in [-0.2, -0.15) is 0 Å². The minimum Gasteiger partial charge on any atom is -0.458 e. The highest BCUT2D eigenvalue weighted by molar-refractivity contribution is 7.98. The van der Waals surface area contributed by atoms with E-state index < -0.39 is 24.1 Å². The highest BCUT2D eigenvalue weighted by Crippen LogP contribution is 2.20. The third-order valence-corrected chi connectivity index (χ3v) is 5.47. The topological polar surface area (TPSA) is 90.9 Å². The molecule has 1 amide bonds. The summed E-state index contributed by atoms with van der Waals surface area (Å²) in [7, 11) is 0. The Bertz CT molecular complexity index is 1200. The molecule has 1 N–H and O–H groups in total. The summed E-state index contributed by atoms with van der Waals surface area (Å²) in [6.07, 6.45) is 0.134. The van der Waals surface area contributed by atoms with Crippen LogP contribution in [0.1, 0.15) is 17.3 Å². The second-order valence-corrected chi connectivity index (χ2v) is 8.27. The molecular weight excluding hydrogens is 454 g/mol. The molecule has 0 bridgehead atoms. The summed E-state index contributed by atoms with van der Waals surface area (Å²) in [5, 5.41) is 4.27. The van der Waals surface area contributed by atoms with Gasteiger partial charge < -0.3 is 14.2 Å². The predicted molar refractivity (Wildman–Crippen MR) is 132 cm³/mol. The van der Waals surface area contributed by atoms with Crippen molar-refractivity contribution in [1.82, 2.24) is 0 Å². The highest BCUT2D eigenvalue weighted by atomic mass is 32.2. The first kappa shape index (κ1) is 24.9. The Kier molecular flexibility index (Phi) is 8.70.